The number of carbonyl (C=O) groups is 4. The fraction of sp³-hybridized carbons (Fsp3) is 0.333. The number of ether oxygens (including phenoxy) is 2. The Balaban J connectivity index is 1.58. The van der Waals surface area contributed by atoms with Gasteiger partial charge in [-0.25, -0.2) is 9.59 Å². The number of hydrogen-bond donors (Lipinski definition) is 2. The fourth-order valence-corrected chi connectivity index (χ4v) is 4.43. The van der Waals surface area contributed by atoms with Gasteiger partial charge in [-0.15, -0.1) is 0 Å². The Kier molecular flexibility index (Phi) is 7.01. The van der Waals surface area contributed by atoms with Crippen molar-refractivity contribution in [2.45, 2.75) is 32.4 Å². The highest BCUT2D eigenvalue weighted by atomic mass is 32.2. The van der Waals surface area contributed by atoms with Crippen molar-refractivity contribution in [1.82, 2.24) is 10.2 Å². The van der Waals surface area contributed by atoms with Crippen molar-refractivity contribution < 1.29 is 33.8 Å². The predicted molar refractivity (Wildman–Crippen MR) is 111 cm³/mol. The van der Waals surface area contributed by atoms with Crippen LogP contribution in [0.15, 0.2) is 52.5 Å². The number of esters is 1. The van der Waals surface area contributed by atoms with Crippen LogP contribution in [0, 0.1) is 5.92 Å². The van der Waals surface area contributed by atoms with Gasteiger partial charge in [0.2, 0.25) is 11.8 Å². The Morgan fingerprint density at radius 1 is 1.32 bits per heavy atom. The molecule has 0 unspecified atom stereocenters. The second-order valence-electron chi connectivity index (χ2n) is 7.00. The molecule has 1 aromatic rings. The van der Waals surface area contributed by atoms with E-state index in [1.165, 1.54) is 18.0 Å². The third-order valence-electron chi connectivity index (χ3n) is 4.86. The molecule has 0 aliphatic carbocycles. The van der Waals surface area contributed by atoms with Gasteiger partial charge in [0.25, 0.3) is 0 Å². The van der Waals surface area contributed by atoms with Crippen LogP contribution in [0.2, 0.25) is 0 Å². The highest BCUT2D eigenvalue weighted by Gasteiger charge is 2.57. The van der Waals surface area contributed by atoms with Gasteiger partial charge in [-0.2, -0.15) is 0 Å². The largest absolute Gasteiger partial charge is 0.482 e. The van der Waals surface area contributed by atoms with Gasteiger partial charge in [0.05, 0.1) is 12.0 Å². The number of carbonyl (C=O) groups excluding carboxylic acids is 3. The van der Waals surface area contributed by atoms with E-state index in [0.717, 1.165) is 11.8 Å². The Morgan fingerprint density at radius 3 is 2.68 bits per heavy atom. The van der Waals surface area contributed by atoms with Crippen molar-refractivity contribution >= 4 is 35.5 Å². The molecule has 3 rings (SSSR count). The number of para-hydroxylation sites is 1. The maximum Gasteiger partial charge on any atom is 0.353 e. The minimum absolute atomic E-state index is 0.0744. The highest BCUT2D eigenvalue weighted by molar-refractivity contribution is 8.05. The summed E-state index contributed by atoms with van der Waals surface area (Å²) in [6.45, 7) is 2.68. The molecule has 164 valence electrons. The Labute approximate surface area is 183 Å². The Hall–Kier alpha value is -3.27. The molecule has 0 aromatic heterocycles. The van der Waals surface area contributed by atoms with Crippen LogP contribution in [0.3, 0.4) is 0 Å². The summed E-state index contributed by atoms with van der Waals surface area (Å²) in [5.41, 5.74) is -0.0744. The zero-order valence-electron chi connectivity index (χ0n) is 16.9. The summed E-state index contributed by atoms with van der Waals surface area (Å²) in [5.74, 6) is -2.56. The minimum Gasteiger partial charge on any atom is -0.482 e. The Morgan fingerprint density at radius 2 is 2.03 bits per heavy atom. The smallest absolute Gasteiger partial charge is 0.353 e. The molecule has 2 aliphatic heterocycles. The second-order valence-corrected chi connectivity index (χ2v) is 8.00. The summed E-state index contributed by atoms with van der Waals surface area (Å²) in [4.78, 5) is 49.1. The van der Waals surface area contributed by atoms with Gasteiger partial charge in [-0.1, -0.05) is 30.0 Å². The monoisotopic (exact) mass is 446 g/mol. The first-order chi connectivity index (χ1) is 14.8. The number of rotatable bonds is 9. The van der Waals surface area contributed by atoms with Crippen LogP contribution in [-0.4, -0.2) is 52.5 Å². The van der Waals surface area contributed by atoms with Gasteiger partial charge in [-0.3, -0.25) is 9.59 Å². The third-order valence-corrected chi connectivity index (χ3v) is 5.78. The summed E-state index contributed by atoms with van der Waals surface area (Å²) >= 11 is 1.13. The molecular weight excluding hydrogens is 424 g/mol. The lowest BCUT2D eigenvalue weighted by atomic mass is 9.83. The van der Waals surface area contributed by atoms with Crippen LogP contribution in [0.5, 0.6) is 5.75 Å². The van der Waals surface area contributed by atoms with E-state index in [1.807, 2.05) is 6.07 Å². The summed E-state index contributed by atoms with van der Waals surface area (Å²) in [5, 5.41) is 13.6. The molecule has 0 saturated carbocycles. The molecule has 2 heterocycles. The quantitative estimate of drug-likeness (QED) is 0.435. The van der Waals surface area contributed by atoms with Gasteiger partial charge in [0.15, 0.2) is 6.61 Å². The zero-order chi connectivity index (χ0) is 22.5. The van der Waals surface area contributed by atoms with Crippen molar-refractivity contribution in [3.8, 4) is 5.75 Å². The van der Waals surface area contributed by atoms with Crippen molar-refractivity contribution in [2.24, 2.45) is 5.92 Å². The molecule has 0 bridgehead atoms. The standard InChI is InChI=1S/C21H22N2O7S/c1-12(30-17(25)11-29-14-6-4-3-5-7-14)18-15-10-16(31-9-8-22-13(2)24)19(21(27)28)23(15)20(18)26/h3-9,12,15,18H,10-11H2,1-2H3,(H,22,24)(H,27,28)/b9-8+/t12-,15+,18+/m0/s1. The van der Waals surface area contributed by atoms with Crippen molar-refractivity contribution in [1.29, 1.82) is 0 Å². The third kappa shape index (κ3) is 5.08. The van der Waals surface area contributed by atoms with Crippen LogP contribution < -0.4 is 10.1 Å². The van der Waals surface area contributed by atoms with E-state index in [-0.39, 0.29) is 18.2 Å². The van der Waals surface area contributed by atoms with E-state index in [0.29, 0.717) is 17.1 Å². The van der Waals surface area contributed by atoms with E-state index in [1.54, 1.807) is 36.6 Å². The maximum atomic E-state index is 12.6. The molecule has 10 heteroatoms. The molecule has 1 saturated heterocycles. The minimum atomic E-state index is -1.20. The van der Waals surface area contributed by atoms with Crippen LogP contribution in [0.4, 0.5) is 0 Å². The number of nitrogens with one attached hydrogen (secondary N) is 1. The molecule has 0 radical (unpaired) electrons. The van der Waals surface area contributed by atoms with Gasteiger partial charge >= 0.3 is 11.9 Å². The number of β-lactam (4-membered cyclic amide) rings is 1. The average Bonchev–Trinajstić information content (AvgIpc) is 3.05. The zero-order valence-corrected chi connectivity index (χ0v) is 17.8. The number of carboxylic acid groups (broad SMARTS) is 1. The van der Waals surface area contributed by atoms with Crippen LogP contribution in [0.1, 0.15) is 20.3 Å². The lowest BCUT2D eigenvalue weighted by Gasteiger charge is -2.45. The molecule has 3 atom stereocenters. The topological polar surface area (TPSA) is 122 Å². The summed E-state index contributed by atoms with van der Waals surface area (Å²) in [7, 11) is 0. The second kappa shape index (κ2) is 9.69. The number of hydrogen-bond acceptors (Lipinski definition) is 7. The number of carboxylic acids is 1. The summed E-state index contributed by atoms with van der Waals surface area (Å²) in [6.07, 6.45) is 1.01. The number of nitrogens with zero attached hydrogens (tertiary/aromatic N) is 1. The summed E-state index contributed by atoms with van der Waals surface area (Å²) in [6, 6.07) is 8.40. The first kappa shape index (κ1) is 22.4. The first-order valence-electron chi connectivity index (χ1n) is 9.55. The average molecular weight is 446 g/mol. The van der Waals surface area contributed by atoms with Crippen LogP contribution in [-0.2, 0) is 23.9 Å². The lowest BCUT2D eigenvalue weighted by Crippen LogP contribution is -2.62. The molecule has 9 nitrogen and oxygen atoms in total. The molecule has 2 aliphatic rings. The molecule has 1 aromatic carbocycles. The number of benzene rings is 1. The van der Waals surface area contributed by atoms with E-state index in [4.69, 9.17) is 9.47 Å². The van der Waals surface area contributed by atoms with Crippen LogP contribution >= 0.6 is 11.8 Å². The molecule has 0 spiro atoms. The van der Waals surface area contributed by atoms with Gasteiger partial charge in [-0.05, 0) is 24.5 Å². The summed E-state index contributed by atoms with van der Waals surface area (Å²) < 4.78 is 10.7. The molecule has 1 fully saturated rings. The van der Waals surface area contributed by atoms with Gasteiger partial charge < -0.3 is 24.8 Å². The number of aliphatic carboxylic acids is 1. The highest BCUT2D eigenvalue weighted by Crippen LogP contribution is 2.47. The van der Waals surface area contributed by atoms with Crippen molar-refractivity contribution in [2.75, 3.05) is 6.61 Å². The number of thioether (sulfide) groups is 1. The fourth-order valence-electron chi connectivity index (χ4n) is 3.56. The Bertz CT molecular complexity index is 944. The number of fused-ring (bicyclic) bond motifs is 1. The van der Waals surface area contributed by atoms with Crippen molar-refractivity contribution in [3.05, 3.63) is 52.5 Å². The molecule has 2 N–H and O–H groups in total. The van der Waals surface area contributed by atoms with Crippen molar-refractivity contribution in [3.63, 3.8) is 0 Å². The predicted octanol–water partition coefficient (Wildman–Crippen LogP) is 1.86. The first-order valence-corrected chi connectivity index (χ1v) is 10.4. The van der Waals surface area contributed by atoms with Gasteiger partial charge in [0.1, 0.15) is 17.6 Å². The van der Waals surface area contributed by atoms with E-state index in [9.17, 15) is 24.3 Å². The van der Waals surface area contributed by atoms with Gasteiger partial charge in [0, 0.05) is 24.4 Å². The van der Waals surface area contributed by atoms with E-state index in [2.05, 4.69) is 5.32 Å². The maximum absolute atomic E-state index is 12.6. The lowest BCUT2D eigenvalue weighted by molar-refractivity contribution is -0.171. The SMILES string of the molecule is CC(=O)N/C=C/SC1=C(C(=O)O)N2C(=O)[C@H]([C@H](C)OC(=O)COc3ccccc3)[C@H]2C1. The normalized spacial score (nSPS) is 20.8. The molecule has 31 heavy (non-hydrogen) atoms. The molecule has 2 amide bonds. The van der Waals surface area contributed by atoms with E-state index < -0.39 is 35.9 Å². The van der Waals surface area contributed by atoms with E-state index >= 15 is 0 Å². The molecular formula is C21H22N2O7S. The number of amides is 2. The van der Waals surface area contributed by atoms with Crippen LogP contribution in [0.25, 0.3) is 0 Å².